The molecule has 10 nitrogen and oxygen atoms in total. The number of hydrogen-bond donors (Lipinski definition) is 3. The van der Waals surface area contributed by atoms with E-state index in [0.717, 1.165) is 23.1 Å². The van der Waals surface area contributed by atoms with Crippen molar-refractivity contribution in [2.75, 3.05) is 13.1 Å². The lowest BCUT2D eigenvalue weighted by Gasteiger charge is -2.42. The predicted octanol–water partition coefficient (Wildman–Crippen LogP) is 2.28. The summed E-state index contributed by atoms with van der Waals surface area (Å²) in [7, 11) is 0. The van der Waals surface area contributed by atoms with Gasteiger partial charge in [0.1, 0.15) is 5.76 Å². The molecule has 206 valence electrons. The average molecular weight is 543 g/mol. The third-order valence-corrected chi connectivity index (χ3v) is 8.15. The summed E-state index contributed by atoms with van der Waals surface area (Å²) in [5, 5.41) is 11.5. The smallest absolute Gasteiger partial charge is 0.252 e. The van der Waals surface area contributed by atoms with Gasteiger partial charge in [-0.2, -0.15) is 0 Å². The fourth-order valence-corrected chi connectivity index (χ4v) is 6.42. The summed E-state index contributed by atoms with van der Waals surface area (Å²) in [4.78, 5) is 55.6. The van der Waals surface area contributed by atoms with Crippen molar-refractivity contribution in [2.45, 2.75) is 44.7 Å². The van der Waals surface area contributed by atoms with E-state index in [2.05, 4.69) is 9.88 Å². The number of para-hydroxylation sites is 1. The molecule has 0 saturated carbocycles. The highest BCUT2D eigenvalue weighted by molar-refractivity contribution is 5.82. The standard InChI is InChI=1S/C30H30N4O6/c1-16-4-2-5-18-9-22(30(39)32-27(16)18)21(11-25(31)36)29-28(38)24(35)10-20(40-29)15-33-12-17-8-19(14-33)23-6-3-7-26(37)34(23)13-17/h2-7,9-10,17,19,21,38H,8,11-15H2,1H3,(H2,31,36)(H,32,39). The van der Waals surface area contributed by atoms with E-state index in [1.807, 2.05) is 35.8 Å². The number of likely N-dealkylation sites (tertiary alicyclic amines) is 1. The van der Waals surface area contributed by atoms with Crippen molar-refractivity contribution in [2.24, 2.45) is 11.7 Å². The highest BCUT2D eigenvalue weighted by atomic mass is 16.4. The maximum atomic E-state index is 13.2. The SMILES string of the molecule is Cc1cccc2cc(C(CC(N)=O)c3oc(CN4CC5CC(C4)c4cccc(=O)n4C5)cc(=O)c3O)c(=O)[nH]c12. The lowest BCUT2D eigenvalue weighted by atomic mass is 9.83. The van der Waals surface area contributed by atoms with Gasteiger partial charge >= 0.3 is 0 Å². The van der Waals surface area contributed by atoms with Crippen LogP contribution < -0.4 is 22.3 Å². The molecule has 40 heavy (non-hydrogen) atoms. The molecule has 3 atom stereocenters. The van der Waals surface area contributed by atoms with Crippen molar-refractivity contribution >= 4 is 16.8 Å². The molecule has 1 saturated heterocycles. The number of amides is 1. The number of piperidine rings is 1. The van der Waals surface area contributed by atoms with E-state index in [1.54, 1.807) is 18.2 Å². The Labute approximate surface area is 228 Å². The molecule has 10 heteroatoms. The van der Waals surface area contributed by atoms with Crippen LogP contribution in [0.3, 0.4) is 0 Å². The summed E-state index contributed by atoms with van der Waals surface area (Å²) < 4.78 is 7.96. The molecule has 3 aromatic heterocycles. The minimum absolute atomic E-state index is 0.00848. The first kappa shape index (κ1) is 25.8. The van der Waals surface area contributed by atoms with E-state index >= 15 is 0 Å². The largest absolute Gasteiger partial charge is 0.502 e. The monoisotopic (exact) mass is 542 g/mol. The molecule has 0 radical (unpaired) electrons. The molecule has 5 heterocycles. The molecule has 2 aliphatic heterocycles. The summed E-state index contributed by atoms with van der Waals surface area (Å²) in [5.41, 5.74) is 7.15. The molecule has 4 N–H and O–H groups in total. The van der Waals surface area contributed by atoms with Crippen molar-refractivity contribution in [3.63, 3.8) is 0 Å². The minimum Gasteiger partial charge on any atom is -0.502 e. The van der Waals surface area contributed by atoms with Crippen molar-refractivity contribution in [3.8, 4) is 5.75 Å². The van der Waals surface area contributed by atoms with Gasteiger partial charge in [0.2, 0.25) is 17.1 Å². The summed E-state index contributed by atoms with van der Waals surface area (Å²) in [6, 6.07) is 13.8. The molecule has 1 aromatic carbocycles. The summed E-state index contributed by atoms with van der Waals surface area (Å²) >= 11 is 0. The van der Waals surface area contributed by atoms with E-state index in [4.69, 9.17) is 10.2 Å². The van der Waals surface area contributed by atoms with Crippen molar-refractivity contribution in [3.05, 3.63) is 108 Å². The van der Waals surface area contributed by atoms with Gasteiger partial charge in [0.15, 0.2) is 5.76 Å². The number of rotatable bonds is 6. The van der Waals surface area contributed by atoms with Crippen molar-refractivity contribution in [1.82, 2.24) is 14.5 Å². The number of hydrogen-bond acceptors (Lipinski definition) is 7. The molecule has 6 rings (SSSR count). The Morgan fingerprint density at radius 3 is 2.73 bits per heavy atom. The van der Waals surface area contributed by atoms with Crippen LogP contribution in [-0.2, 0) is 17.9 Å². The first-order valence-electron chi connectivity index (χ1n) is 13.4. The Hall–Kier alpha value is -4.44. The van der Waals surface area contributed by atoms with E-state index < -0.39 is 28.6 Å². The van der Waals surface area contributed by atoms with E-state index in [0.29, 0.717) is 37.5 Å². The van der Waals surface area contributed by atoms with Crippen LogP contribution in [0.4, 0.5) is 0 Å². The fraction of sp³-hybridized carbons (Fsp3) is 0.333. The van der Waals surface area contributed by atoms with Crippen LogP contribution >= 0.6 is 0 Å². The number of carbonyl (C=O) groups excluding carboxylic acids is 1. The number of nitrogens with zero attached hydrogens (tertiary/aromatic N) is 2. The molecule has 4 aromatic rings. The maximum absolute atomic E-state index is 13.2. The van der Waals surface area contributed by atoms with E-state index in [9.17, 15) is 24.3 Å². The molecule has 2 bridgehead atoms. The van der Waals surface area contributed by atoms with Gasteiger partial charge in [0, 0.05) is 55.4 Å². The summed E-state index contributed by atoms with van der Waals surface area (Å²) in [6.45, 7) is 4.19. The fourth-order valence-electron chi connectivity index (χ4n) is 6.42. The van der Waals surface area contributed by atoms with E-state index in [-0.39, 0.29) is 35.1 Å². The quantitative estimate of drug-likeness (QED) is 0.338. The number of carbonyl (C=O) groups is 1. The van der Waals surface area contributed by atoms with Crippen LogP contribution in [0.5, 0.6) is 5.75 Å². The first-order chi connectivity index (χ1) is 19.2. The lowest BCUT2D eigenvalue weighted by molar-refractivity contribution is -0.118. The van der Waals surface area contributed by atoms with Crippen LogP contribution in [0.25, 0.3) is 10.9 Å². The second kappa shape index (κ2) is 9.95. The Morgan fingerprint density at radius 2 is 1.93 bits per heavy atom. The van der Waals surface area contributed by atoms with Gasteiger partial charge in [-0.3, -0.25) is 24.1 Å². The van der Waals surface area contributed by atoms with Gasteiger partial charge in [-0.1, -0.05) is 24.3 Å². The third kappa shape index (κ3) is 4.64. The number of primary amides is 1. The highest BCUT2D eigenvalue weighted by Gasteiger charge is 2.35. The number of aromatic amines is 1. The highest BCUT2D eigenvalue weighted by Crippen LogP contribution is 2.36. The predicted molar refractivity (Wildman–Crippen MR) is 148 cm³/mol. The number of nitrogens with one attached hydrogen (secondary N) is 1. The van der Waals surface area contributed by atoms with Gasteiger partial charge in [-0.15, -0.1) is 0 Å². The molecule has 0 spiro atoms. The van der Waals surface area contributed by atoms with Crippen molar-refractivity contribution < 1.29 is 14.3 Å². The number of fused-ring (bicyclic) bond motifs is 5. The Balaban J connectivity index is 1.36. The van der Waals surface area contributed by atoms with Crippen LogP contribution in [0.2, 0.25) is 0 Å². The molecular weight excluding hydrogens is 512 g/mol. The number of aryl methyl sites for hydroxylation is 1. The van der Waals surface area contributed by atoms with Crippen molar-refractivity contribution in [1.29, 1.82) is 0 Å². The first-order valence-corrected chi connectivity index (χ1v) is 13.4. The Morgan fingerprint density at radius 1 is 1.12 bits per heavy atom. The molecule has 0 aliphatic carbocycles. The van der Waals surface area contributed by atoms with Gasteiger partial charge in [-0.05, 0) is 42.3 Å². The third-order valence-electron chi connectivity index (χ3n) is 8.15. The molecule has 3 unspecified atom stereocenters. The van der Waals surface area contributed by atoms with E-state index in [1.165, 1.54) is 6.07 Å². The second-order valence-electron chi connectivity index (χ2n) is 11.0. The van der Waals surface area contributed by atoms with Gasteiger partial charge in [0.25, 0.3) is 11.1 Å². The molecule has 1 fully saturated rings. The number of H-pyrrole nitrogens is 1. The van der Waals surface area contributed by atoms with Crippen LogP contribution in [-0.4, -0.2) is 38.6 Å². The lowest BCUT2D eigenvalue weighted by Crippen LogP contribution is -2.46. The number of aromatic nitrogens is 2. The molecular formula is C30H30N4O6. The number of benzene rings is 1. The van der Waals surface area contributed by atoms with Crippen LogP contribution in [0.1, 0.15) is 53.0 Å². The maximum Gasteiger partial charge on any atom is 0.252 e. The van der Waals surface area contributed by atoms with Gasteiger partial charge < -0.3 is 24.8 Å². The topological polar surface area (TPSA) is 152 Å². The Bertz CT molecular complexity index is 1820. The summed E-state index contributed by atoms with van der Waals surface area (Å²) in [6.07, 6.45) is 0.648. The zero-order chi connectivity index (χ0) is 28.1. The Kier molecular flexibility index (Phi) is 6.42. The number of aromatic hydroxyl groups is 1. The summed E-state index contributed by atoms with van der Waals surface area (Å²) in [5.74, 6) is -1.82. The second-order valence-corrected chi connectivity index (χ2v) is 11.0. The normalized spacial score (nSPS) is 19.3. The minimum atomic E-state index is -1.06. The van der Waals surface area contributed by atoms with Crippen LogP contribution in [0.15, 0.2) is 67.3 Å². The molecule has 1 amide bonds. The van der Waals surface area contributed by atoms with Gasteiger partial charge in [-0.25, -0.2) is 0 Å². The molecule has 2 aliphatic rings. The van der Waals surface area contributed by atoms with Crippen LogP contribution in [0, 0.1) is 12.8 Å². The van der Waals surface area contributed by atoms with Gasteiger partial charge in [0.05, 0.1) is 18.0 Å². The number of pyridine rings is 2. The zero-order valence-corrected chi connectivity index (χ0v) is 22.1. The number of nitrogens with two attached hydrogens (primary N) is 1. The zero-order valence-electron chi connectivity index (χ0n) is 22.1. The average Bonchev–Trinajstić information content (AvgIpc) is 2.90.